The van der Waals surface area contributed by atoms with E-state index in [1.54, 1.807) is 44.6 Å². The average molecular weight is 373 g/mol. The number of methoxy groups -OCH3 is 2. The fourth-order valence-corrected chi connectivity index (χ4v) is 3.17. The fourth-order valence-electron chi connectivity index (χ4n) is 3.17. The lowest BCUT2D eigenvalue weighted by Gasteiger charge is -2.35. The zero-order valence-electron chi connectivity index (χ0n) is 15.6. The Morgan fingerprint density at radius 1 is 1.04 bits per heavy atom. The molecule has 7 heteroatoms. The van der Waals surface area contributed by atoms with Crippen molar-refractivity contribution in [1.82, 2.24) is 4.90 Å². The van der Waals surface area contributed by atoms with Crippen LogP contribution in [0.1, 0.15) is 0 Å². The lowest BCUT2D eigenvalue weighted by molar-refractivity contribution is -0.117. The topological polar surface area (TPSA) is 54.0 Å². The van der Waals surface area contributed by atoms with Gasteiger partial charge in [0.1, 0.15) is 5.82 Å². The van der Waals surface area contributed by atoms with Crippen LogP contribution in [0.4, 0.5) is 15.8 Å². The highest BCUT2D eigenvalue weighted by atomic mass is 19.1. The van der Waals surface area contributed by atoms with Gasteiger partial charge in [-0.25, -0.2) is 4.39 Å². The van der Waals surface area contributed by atoms with Gasteiger partial charge in [-0.1, -0.05) is 12.1 Å². The summed E-state index contributed by atoms with van der Waals surface area (Å²) in [7, 11) is 3.12. The maximum Gasteiger partial charge on any atom is 0.238 e. The molecule has 0 unspecified atom stereocenters. The molecule has 1 amide bonds. The van der Waals surface area contributed by atoms with Crippen LogP contribution in [0.15, 0.2) is 42.5 Å². The van der Waals surface area contributed by atoms with E-state index in [-0.39, 0.29) is 11.7 Å². The number of hydrogen-bond acceptors (Lipinski definition) is 5. The van der Waals surface area contributed by atoms with E-state index in [1.165, 1.54) is 6.07 Å². The molecule has 0 aromatic heterocycles. The van der Waals surface area contributed by atoms with Crippen molar-refractivity contribution in [2.75, 3.05) is 57.2 Å². The van der Waals surface area contributed by atoms with Crippen molar-refractivity contribution in [1.29, 1.82) is 0 Å². The standard InChI is InChI=1S/C20H24FN3O3/c1-26-18-8-7-15(13-19(18)27-2)22-20(25)14-23-9-11-24(12-10-23)17-6-4-3-5-16(17)21/h3-8,13H,9-12,14H2,1-2H3,(H,22,25). The normalized spacial score (nSPS) is 14.7. The number of halogens is 1. The van der Waals surface area contributed by atoms with Gasteiger partial charge in [-0.3, -0.25) is 9.69 Å². The van der Waals surface area contributed by atoms with E-state index >= 15 is 0 Å². The van der Waals surface area contributed by atoms with Gasteiger partial charge in [0.2, 0.25) is 5.91 Å². The third-order valence-corrected chi connectivity index (χ3v) is 4.60. The Hall–Kier alpha value is -2.80. The van der Waals surface area contributed by atoms with Gasteiger partial charge in [0, 0.05) is 37.9 Å². The number of nitrogens with one attached hydrogen (secondary N) is 1. The van der Waals surface area contributed by atoms with Gasteiger partial charge in [-0.15, -0.1) is 0 Å². The van der Waals surface area contributed by atoms with Crippen molar-refractivity contribution in [2.24, 2.45) is 0 Å². The number of piperazine rings is 1. The summed E-state index contributed by atoms with van der Waals surface area (Å²) in [5, 5.41) is 2.88. The minimum Gasteiger partial charge on any atom is -0.493 e. The van der Waals surface area contributed by atoms with Crippen LogP contribution in [0, 0.1) is 5.82 Å². The first kappa shape index (κ1) is 19.0. The number of nitrogens with zero attached hydrogens (tertiary/aromatic N) is 2. The summed E-state index contributed by atoms with van der Waals surface area (Å²) in [6.07, 6.45) is 0. The second-order valence-corrected chi connectivity index (χ2v) is 6.33. The number of amides is 1. The van der Waals surface area contributed by atoms with E-state index < -0.39 is 0 Å². The number of anilines is 2. The maximum atomic E-state index is 13.9. The third kappa shape index (κ3) is 4.68. The molecule has 1 heterocycles. The summed E-state index contributed by atoms with van der Waals surface area (Å²) >= 11 is 0. The van der Waals surface area contributed by atoms with Gasteiger partial charge in [0.05, 0.1) is 26.5 Å². The van der Waals surface area contributed by atoms with Gasteiger partial charge in [0.25, 0.3) is 0 Å². The van der Waals surface area contributed by atoms with E-state index in [0.717, 1.165) is 0 Å². The van der Waals surface area contributed by atoms with Gasteiger partial charge >= 0.3 is 0 Å². The summed E-state index contributed by atoms with van der Waals surface area (Å²) in [6.45, 7) is 3.07. The summed E-state index contributed by atoms with van der Waals surface area (Å²) in [4.78, 5) is 16.4. The number of carbonyl (C=O) groups excluding carboxylic acids is 1. The number of para-hydroxylation sites is 1. The highest BCUT2D eigenvalue weighted by molar-refractivity contribution is 5.92. The van der Waals surface area contributed by atoms with Crippen LogP contribution in [0.3, 0.4) is 0 Å². The zero-order chi connectivity index (χ0) is 19.2. The van der Waals surface area contributed by atoms with Crippen molar-refractivity contribution >= 4 is 17.3 Å². The molecular formula is C20H24FN3O3. The van der Waals surface area contributed by atoms with Crippen LogP contribution in [-0.2, 0) is 4.79 Å². The Morgan fingerprint density at radius 3 is 2.41 bits per heavy atom. The van der Waals surface area contributed by atoms with Crippen LogP contribution in [-0.4, -0.2) is 57.8 Å². The number of rotatable bonds is 6. The highest BCUT2D eigenvalue weighted by Gasteiger charge is 2.21. The predicted octanol–water partition coefficient (Wildman–Crippen LogP) is 2.60. The minimum atomic E-state index is -0.211. The molecule has 2 aromatic carbocycles. The number of benzene rings is 2. The Labute approximate surface area is 158 Å². The van der Waals surface area contributed by atoms with Gasteiger partial charge < -0.3 is 19.7 Å². The summed E-state index contributed by atoms with van der Waals surface area (Å²) in [5.74, 6) is 0.868. The lowest BCUT2D eigenvalue weighted by atomic mass is 10.2. The molecule has 6 nitrogen and oxygen atoms in total. The molecule has 2 aromatic rings. The van der Waals surface area contributed by atoms with Crippen LogP contribution >= 0.6 is 0 Å². The number of hydrogen-bond donors (Lipinski definition) is 1. The van der Waals surface area contributed by atoms with Crippen LogP contribution in [0.2, 0.25) is 0 Å². The van der Waals surface area contributed by atoms with E-state index in [1.807, 2.05) is 11.0 Å². The van der Waals surface area contributed by atoms with Gasteiger partial charge in [0.15, 0.2) is 11.5 Å². The van der Waals surface area contributed by atoms with Crippen LogP contribution < -0.4 is 19.7 Å². The SMILES string of the molecule is COc1ccc(NC(=O)CN2CCN(c3ccccc3F)CC2)cc1OC. The van der Waals surface area contributed by atoms with E-state index in [0.29, 0.717) is 55.6 Å². The van der Waals surface area contributed by atoms with E-state index in [2.05, 4.69) is 10.2 Å². The Kier molecular flexibility index (Phi) is 6.13. The zero-order valence-corrected chi connectivity index (χ0v) is 15.6. The van der Waals surface area contributed by atoms with E-state index in [4.69, 9.17) is 9.47 Å². The van der Waals surface area contributed by atoms with Crippen LogP contribution in [0.25, 0.3) is 0 Å². The van der Waals surface area contributed by atoms with Crippen molar-refractivity contribution in [3.05, 3.63) is 48.3 Å². The molecule has 1 aliphatic heterocycles. The largest absolute Gasteiger partial charge is 0.493 e. The minimum absolute atomic E-state index is 0.0958. The average Bonchev–Trinajstić information content (AvgIpc) is 2.69. The molecule has 0 atom stereocenters. The molecule has 144 valence electrons. The molecule has 0 aliphatic carbocycles. The first-order valence-electron chi connectivity index (χ1n) is 8.84. The van der Waals surface area contributed by atoms with Crippen molar-refractivity contribution in [3.8, 4) is 11.5 Å². The monoisotopic (exact) mass is 373 g/mol. The molecule has 1 fully saturated rings. The molecular weight excluding hydrogens is 349 g/mol. The molecule has 0 saturated carbocycles. The predicted molar refractivity (Wildman–Crippen MR) is 103 cm³/mol. The first-order valence-corrected chi connectivity index (χ1v) is 8.84. The lowest BCUT2D eigenvalue weighted by Crippen LogP contribution is -2.48. The first-order chi connectivity index (χ1) is 13.1. The third-order valence-electron chi connectivity index (χ3n) is 4.60. The van der Waals surface area contributed by atoms with Gasteiger partial charge in [-0.2, -0.15) is 0 Å². The molecule has 1 aliphatic rings. The Morgan fingerprint density at radius 2 is 1.74 bits per heavy atom. The highest BCUT2D eigenvalue weighted by Crippen LogP contribution is 2.29. The molecule has 0 bridgehead atoms. The quantitative estimate of drug-likeness (QED) is 0.844. The second kappa shape index (κ2) is 8.73. The molecule has 0 radical (unpaired) electrons. The Bertz CT molecular complexity index is 792. The smallest absolute Gasteiger partial charge is 0.238 e. The molecule has 27 heavy (non-hydrogen) atoms. The summed E-state index contributed by atoms with van der Waals surface area (Å²) < 4.78 is 24.3. The summed E-state index contributed by atoms with van der Waals surface area (Å²) in [6, 6.07) is 12.0. The fraction of sp³-hybridized carbons (Fsp3) is 0.350. The molecule has 0 spiro atoms. The van der Waals surface area contributed by atoms with Crippen molar-refractivity contribution in [3.63, 3.8) is 0 Å². The van der Waals surface area contributed by atoms with Crippen molar-refractivity contribution < 1.29 is 18.7 Å². The maximum absolute atomic E-state index is 13.9. The van der Waals surface area contributed by atoms with Gasteiger partial charge in [-0.05, 0) is 24.3 Å². The Balaban J connectivity index is 1.52. The second-order valence-electron chi connectivity index (χ2n) is 6.33. The molecule has 3 rings (SSSR count). The number of carbonyl (C=O) groups is 1. The van der Waals surface area contributed by atoms with E-state index in [9.17, 15) is 9.18 Å². The number of ether oxygens (including phenoxy) is 2. The summed E-state index contributed by atoms with van der Waals surface area (Å²) in [5.41, 5.74) is 1.27. The van der Waals surface area contributed by atoms with Crippen LogP contribution in [0.5, 0.6) is 11.5 Å². The molecule has 1 saturated heterocycles. The van der Waals surface area contributed by atoms with Crippen molar-refractivity contribution in [2.45, 2.75) is 0 Å². The molecule has 1 N–H and O–H groups in total.